The van der Waals surface area contributed by atoms with Crippen LogP contribution >= 0.6 is 0 Å². The topological polar surface area (TPSA) is 56.7 Å². The molecule has 2 aromatic rings. The highest BCUT2D eigenvalue weighted by Gasteiger charge is 1.98. The molecule has 66 valence electrons. The second kappa shape index (κ2) is 3.26. The van der Waals surface area contributed by atoms with Crippen LogP contribution in [0.15, 0.2) is 36.7 Å². The predicted octanol–water partition coefficient (Wildman–Crippen LogP) is 0.909. The molecule has 0 atom stereocenters. The summed E-state index contributed by atoms with van der Waals surface area (Å²) in [6.07, 6.45) is 3.46. The maximum Gasteiger partial charge on any atom is 0.0697 e. The molecule has 4 heteroatoms. The number of para-hydroxylation sites is 1. The van der Waals surface area contributed by atoms with Gasteiger partial charge in [-0.05, 0) is 11.6 Å². The van der Waals surface area contributed by atoms with Crippen molar-refractivity contribution in [3.63, 3.8) is 0 Å². The molecule has 0 aliphatic heterocycles. The average molecular weight is 174 g/mol. The first-order chi connectivity index (χ1) is 6.36. The number of hydrogen-bond donors (Lipinski definition) is 1. The van der Waals surface area contributed by atoms with Crippen molar-refractivity contribution in [3.05, 3.63) is 42.2 Å². The van der Waals surface area contributed by atoms with E-state index in [2.05, 4.69) is 10.3 Å². The summed E-state index contributed by atoms with van der Waals surface area (Å²) >= 11 is 0. The van der Waals surface area contributed by atoms with E-state index in [4.69, 9.17) is 5.73 Å². The highest BCUT2D eigenvalue weighted by Crippen LogP contribution is 2.10. The van der Waals surface area contributed by atoms with Crippen molar-refractivity contribution in [2.24, 2.45) is 0 Å². The lowest BCUT2D eigenvalue weighted by atomic mass is 10.2. The van der Waals surface area contributed by atoms with Crippen molar-refractivity contribution in [1.29, 1.82) is 0 Å². The van der Waals surface area contributed by atoms with Crippen LogP contribution in [0.2, 0.25) is 0 Å². The average Bonchev–Trinajstić information content (AvgIpc) is 2.61. The lowest BCUT2D eigenvalue weighted by Gasteiger charge is -2.03. The molecule has 4 nitrogen and oxygen atoms in total. The summed E-state index contributed by atoms with van der Waals surface area (Å²) in [6.45, 7) is 0.673. The Kier molecular flexibility index (Phi) is 1.96. The standard InChI is InChI=1S/C9H10N4/c10-9-4-2-1-3-8(9)7-13-6-5-11-12-13/h1-6H,7,10H2. The summed E-state index contributed by atoms with van der Waals surface area (Å²) in [5.41, 5.74) is 7.63. The van der Waals surface area contributed by atoms with E-state index in [1.54, 1.807) is 10.9 Å². The minimum atomic E-state index is 0.673. The van der Waals surface area contributed by atoms with Crippen molar-refractivity contribution in [2.75, 3.05) is 5.73 Å². The monoisotopic (exact) mass is 174 g/mol. The molecule has 0 saturated carbocycles. The smallest absolute Gasteiger partial charge is 0.0697 e. The molecular formula is C9H10N4. The molecule has 0 amide bonds. The van der Waals surface area contributed by atoms with Crippen LogP contribution < -0.4 is 5.73 Å². The van der Waals surface area contributed by atoms with Crippen LogP contribution in [-0.2, 0) is 6.54 Å². The molecular weight excluding hydrogens is 164 g/mol. The van der Waals surface area contributed by atoms with Crippen molar-refractivity contribution >= 4 is 5.69 Å². The second-order valence-electron chi connectivity index (χ2n) is 2.80. The number of hydrogen-bond acceptors (Lipinski definition) is 3. The fourth-order valence-electron chi connectivity index (χ4n) is 1.17. The number of aromatic nitrogens is 3. The van der Waals surface area contributed by atoms with Crippen LogP contribution in [-0.4, -0.2) is 15.0 Å². The van der Waals surface area contributed by atoms with Gasteiger partial charge in [-0.1, -0.05) is 23.4 Å². The zero-order chi connectivity index (χ0) is 9.10. The summed E-state index contributed by atoms with van der Waals surface area (Å²) in [6, 6.07) is 7.74. The predicted molar refractivity (Wildman–Crippen MR) is 50.0 cm³/mol. The van der Waals surface area contributed by atoms with E-state index >= 15 is 0 Å². The third kappa shape index (κ3) is 1.66. The molecule has 1 heterocycles. The number of benzene rings is 1. The lowest BCUT2D eigenvalue weighted by Crippen LogP contribution is -2.03. The molecule has 0 radical (unpaired) electrons. The van der Waals surface area contributed by atoms with E-state index in [1.165, 1.54) is 0 Å². The maximum atomic E-state index is 5.78. The van der Waals surface area contributed by atoms with E-state index in [-0.39, 0.29) is 0 Å². The Morgan fingerprint density at radius 1 is 1.31 bits per heavy atom. The molecule has 13 heavy (non-hydrogen) atoms. The first-order valence-electron chi connectivity index (χ1n) is 4.04. The Hall–Kier alpha value is -1.84. The van der Waals surface area contributed by atoms with Crippen molar-refractivity contribution in [1.82, 2.24) is 15.0 Å². The second-order valence-corrected chi connectivity index (χ2v) is 2.80. The first-order valence-corrected chi connectivity index (χ1v) is 4.04. The molecule has 2 N–H and O–H groups in total. The Morgan fingerprint density at radius 3 is 2.85 bits per heavy atom. The molecule has 0 unspecified atom stereocenters. The minimum Gasteiger partial charge on any atom is -0.398 e. The molecule has 0 bridgehead atoms. The summed E-state index contributed by atoms with van der Waals surface area (Å²) in [4.78, 5) is 0. The summed E-state index contributed by atoms with van der Waals surface area (Å²) in [5, 5.41) is 7.58. The van der Waals surface area contributed by atoms with Crippen molar-refractivity contribution < 1.29 is 0 Å². The van der Waals surface area contributed by atoms with Gasteiger partial charge in [0.15, 0.2) is 0 Å². The van der Waals surface area contributed by atoms with Gasteiger partial charge in [0.2, 0.25) is 0 Å². The quantitative estimate of drug-likeness (QED) is 0.688. The Morgan fingerprint density at radius 2 is 2.15 bits per heavy atom. The highest BCUT2D eigenvalue weighted by molar-refractivity contribution is 5.46. The van der Waals surface area contributed by atoms with Gasteiger partial charge in [-0.25, -0.2) is 4.68 Å². The third-order valence-electron chi connectivity index (χ3n) is 1.86. The van der Waals surface area contributed by atoms with Gasteiger partial charge in [0.05, 0.1) is 12.7 Å². The molecule has 1 aromatic carbocycles. The lowest BCUT2D eigenvalue weighted by molar-refractivity contribution is 0.651. The van der Waals surface area contributed by atoms with E-state index in [1.807, 2.05) is 30.5 Å². The van der Waals surface area contributed by atoms with Crippen LogP contribution in [0, 0.1) is 0 Å². The SMILES string of the molecule is Nc1ccccc1Cn1ccnn1. The van der Waals surface area contributed by atoms with Gasteiger partial charge in [0.25, 0.3) is 0 Å². The number of rotatable bonds is 2. The molecule has 2 rings (SSSR count). The number of nitrogen functional groups attached to an aromatic ring is 1. The minimum absolute atomic E-state index is 0.673. The Labute approximate surface area is 76.0 Å². The summed E-state index contributed by atoms with van der Waals surface area (Å²) in [5.74, 6) is 0. The summed E-state index contributed by atoms with van der Waals surface area (Å²) in [7, 11) is 0. The van der Waals surface area contributed by atoms with E-state index in [0.717, 1.165) is 11.3 Å². The van der Waals surface area contributed by atoms with Gasteiger partial charge in [0, 0.05) is 11.9 Å². The van der Waals surface area contributed by atoms with Crippen LogP contribution in [0.3, 0.4) is 0 Å². The van der Waals surface area contributed by atoms with Crippen LogP contribution in [0.25, 0.3) is 0 Å². The van der Waals surface area contributed by atoms with E-state index in [0.29, 0.717) is 6.54 Å². The molecule has 1 aromatic heterocycles. The first kappa shape index (κ1) is 7.79. The van der Waals surface area contributed by atoms with Crippen molar-refractivity contribution in [2.45, 2.75) is 6.54 Å². The van der Waals surface area contributed by atoms with Gasteiger partial charge in [-0.3, -0.25) is 0 Å². The summed E-state index contributed by atoms with van der Waals surface area (Å²) < 4.78 is 1.74. The van der Waals surface area contributed by atoms with Crippen LogP contribution in [0.5, 0.6) is 0 Å². The van der Waals surface area contributed by atoms with Gasteiger partial charge >= 0.3 is 0 Å². The third-order valence-corrected chi connectivity index (χ3v) is 1.86. The van der Waals surface area contributed by atoms with E-state index < -0.39 is 0 Å². The van der Waals surface area contributed by atoms with Crippen LogP contribution in [0.4, 0.5) is 5.69 Å². The fraction of sp³-hybridized carbons (Fsp3) is 0.111. The largest absolute Gasteiger partial charge is 0.398 e. The maximum absolute atomic E-state index is 5.78. The normalized spacial score (nSPS) is 10.2. The zero-order valence-electron chi connectivity index (χ0n) is 7.09. The van der Waals surface area contributed by atoms with E-state index in [9.17, 15) is 0 Å². The number of anilines is 1. The molecule has 0 saturated heterocycles. The van der Waals surface area contributed by atoms with Crippen molar-refractivity contribution in [3.8, 4) is 0 Å². The van der Waals surface area contributed by atoms with Gasteiger partial charge in [-0.15, -0.1) is 5.10 Å². The van der Waals surface area contributed by atoms with Crippen LogP contribution in [0.1, 0.15) is 5.56 Å². The van der Waals surface area contributed by atoms with Gasteiger partial charge in [-0.2, -0.15) is 0 Å². The number of nitrogens with zero attached hydrogens (tertiary/aromatic N) is 3. The number of nitrogens with two attached hydrogens (primary N) is 1. The molecule has 0 fully saturated rings. The highest BCUT2D eigenvalue weighted by atomic mass is 15.4. The molecule has 0 aliphatic carbocycles. The fourth-order valence-corrected chi connectivity index (χ4v) is 1.17. The van der Waals surface area contributed by atoms with Gasteiger partial charge < -0.3 is 5.73 Å². The zero-order valence-corrected chi connectivity index (χ0v) is 7.09. The molecule has 0 spiro atoms. The Balaban J connectivity index is 2.24. The molecule has 0 aliphatic rings. The van der Waals surface area contributed by atoms with Gasteiger partial charge in [0.1, 0.15) is 0 Å². The Bertz CT molecular complexity index is 380.